The van der Waals surface area contributed by atoms with Crippen LogP contribution in [0.15, 0.2) is 127 Å². The van der Waals surface area contributed by atoms with Crippen LogP contribution < -0.4 is 20.3 Å². The summed E-state index contributed by atoms with van der Waals surface area (Å²) < 4.78 is 18.0. The predicted molar refractivity (Wildman–Crippen MR) is 250 cm³/mol. The molecular formula is C54H54N4O8. The first-order valence-corrected chi connectivity index (χ1v) is 23.1. The lowest BCUT2D eigenvalue weighted by molar-refractivity contribution is -0.177. The SMILES string of the molecule is O=C1O[C@H](c2ccccc2)[C@H](c2ccccc2)N2[C@H]1[C@@H](C(=O)Nc1ccc(N3CCOCC3)cc1)[C@]1(C(=O)Nc3ccc(C#CC4(O)CCCCCC4)cc31)[C@H]2c1ccc(OCCO)cc1. The van der Waals surface area contributed by atoms with Crippen LogP contribution in [0.4, 0.5) is 17.1 Å². The summed E-state index contributed by atoms with van der Waals surface area (Å²) >= 11 is 0. The molecule has 66 heavy (non-hydrogen) atoms. The van der Waals surface area contributed by atoms with Gasteiger partial charge in [-0.3, -0.25) is 19.3 Å². The van der Waals surface area contributed by atoms with Crippen molar-refractivity contribution >= 4 is 34.8 Å². The van der Waals surface area contributed by atoms with Crippen molar-refractivity contribution in [3.8, 4) is 17.6 Å². The standard InChI is InChI=1S/C54H54N4O8/c59-31-34-65-42-22-16-39(17-23-42)49-54(43-35-36(15-24-44(43)56-52(54)62)25-28-53(63)26-9-1-2-10-27-53)45(50(60)55-40-18-20-41(21-19-40)57-29-32-64-33-30-57)47-51(61)66-48(38-13-7-4-8-14-38)46(58(47)49)37-11-5-3-6-12-37/h3-8,11-24,35,45-49,59,63H,1-2,9-10,26-27,29-34H2,(H,55,60)(H,56,62)/t45-,46-,47-,48+,49+,54-/m0/s1. The quantitative estimate of drug-likeness (QED) is 0.0678. The first-order chi connectivity index (χ1) is 32.3. The van der Waals surface area contributed by atoms with Crippen molar-refractivity contribution in [3.63, 3.8) is 0 Å². The molecule has 2 amide bonds. The number of fused-ring (bicyclic) bond motifs is 3. The Morgan fingerprint density at radius 1 is 0.803 bits per heavy atom. The molecule has 5 aliphatic rings. The smallest absolute Gasteiger partial charge is 0.324 e. The summed E-state index contributed by atoms with van der Waals surface area (Å²) in [6, 6.07) is 36.9. The molecule has 4 aliphatic heterocycles. The van der Waals surface area contributed by atoms with Gasteiger partial charge in [0.2, 0.25) is 11.8 Å². The van der Waals surface area contributed by atoms with Crippen molar-refractivity contribution in [1.29, 1.82) is 0 Å². The van der Waals surface area contributed by atoms with Gasteiger partial charge in [0, 0.05) is 35.7 Å². The molecule has 4 N–H and O–H groups in total. The fourth-order valence-corrected chi connectivity index (χ4v) is 11.0. The van der Waals surface area contributed by atoms with E-state index in [1.54, 1.807) is 12.1 Å². The number of carbonyl (C=O) groups excluding carboxylic acids is 3. The number of amides is 2. The van der Waals surface area contributed by atoms with Crippen LogP contribution in [0, 0.1) is 17.8 Å². The topological polar surface area (TPSA) is 150 Å². The summed E-state index contributed by atoms with van der Waals surface area (Å²) in [5, 5.41) is 27.5. The number of nitrogens with one attached hydrogen (secondary N) is 2. The summed E-state index contributed by atoms with van der Waals surface area (Å²) in [6.07, 6.45) is 4.20. The summed E-state index contributed by atoms with van der Waals surface area (Å²) in [5.74, 6) is 4.05. The average Bonchev–Trinajstić information content (AvgIpc) is 3.72. The van der Waals surface area contributed by atoms with Crippen molar-refractivity contribution in [2.24, 2.45) is 5.92 Å². The highest BCUT2D eigenvalue weighted by atomic mass is 16.6. The lowest BCUT2D eigenvalue weighted by Crippen LogP contribution is -2.53. The van der Waals surface area contributed by atoms with Gasteiger partial charge in [0.25, 0.3) is 0 Å². The molecule has 0 bridgehead atoms. The third-order valence-electron chi connectivity index (χ3n) is 14.0. The van der Waals surface area contributed by atoms with Crippen molar-refractivity contribution in [2.45, 2.75) is 73.8 Å². The van der Waals surface area contributed by atoms with E-state index < -0.39 is 58.9 Å². The zero-order valence-corrected chi connectivity index (χ0v) is 36.7. The van der Waals surface area contributed by atoms with Gasteiger partial charge in [-0.15, -0.1) is 0 Å². The Morgan fingerprint density at radius 2 is 1.48 bits per heavy atom. The number of hydrogen-bond acceptors (Lipinski definition) is 10. The molecule has 5 aromatic carbocycles. The van der Waals surface area contributed by atoms with Gasteiger partial charge >= 0.3 is 5.97 Å². The zero-order valence-electron chi connectivity index (χ0n) is 36.7. The number of cyclic esters (lactones) is 1. The number of rotatable bonds is 9. The molecule has 5 aromatic rings. The van der Waals surface area contributed by atoms with E-state index in [4.69, 9.17) is 14.2 Å². The van der Waals surface area contributed by atoms with Gasteiger partial charge in [-0.05, 0) is 103 Å². The Bertz CT molecular complexity index is 2620. The van der Waals surface area contributed by atoms with Crippen LogP contribution in [-0.2, 0) is 29.3 Å². The fraction of sp³-hybridized carbons (Fsp3) is 0.352. The van der Waals surface area contributed by atoms with Crippen LogP contribution >= 0.6 is 0 Å². The minimum atomic E-state index is -1.74. The molecule has 338 valence electrons. The van der Waals surface area contributed by atoms with Crippen molar-refractivity contribution < 1.29 is 38.8 Å². The number of ether oxygens (including phenoxy) is 3. The van der Waals surface area contributed by atoms with Crippen LogP contribution in [0.3, 0.4) is 0 Å². The second-order valence-corrected chi connectivity index (χ2v) is 18.0. The summed E-state index contributed by atoms with van der Waals surface area (Å²) in [6.45, 7) is 2.67. The molecule has 1 spiro atoms. The van der Waals surface area contributed by atoms with Crippen molar-refractivity contribution in [3.05, 3.63) is 155 Å². The fourth-order valence-electron chi connectivity index (χ4n) is 11.0. The second-order valence-electron chi connectivity index (χ2n) is 18.0. The first kappa shape index (κ1) is 43.4. The average molecular weight is 887 g/mol. The molecule has 0 unspecified atom stereocenters. The maximum Gasteiger partial charge on any atom is 0.324 e. The number of aliphatic hydroxyl groups is 2. The number of esters is 1. The van der Waals surface area contributed by atoms with E-state index in [1.165, 1.54) is 0 Å². The number of hydrogen-bond donors (Lipinski definition) is 4. The minimum Gasteiger partial charge on any atom is -0.491 e. The number of morpholine rings is 2. The van der Waals surface area contributed by atoms with Gasteiger partial charge in [-0.1, -0.05) is 97.5 Å². The Balaban J connectivity index is 1.18. The van der Waals surface area contributed by atoms with Gasteiger partial charge in [0.1, 0.15) is 35.5 Å². The molecular weight excluding hydrogens is 833 g/mol. The number of aliphatic hydroxyl groups excluding tert-OH is 1. The molecule has 10 rings (SSSR count). The molecule has 1 saturated carbocycles. The third-order valence-corrected chi connectivity index (χ3v) is 14.0. The summed E-state index contributed by atoms with van der Waals surface area (Å²) in [7, 11) is 0. The second kappa shape index (κ2) is 18.4. The largest absolute Gasteiger partial charge is 0.491 e. The van der Waals surface area contributed by atoms with Crippen LogP contribution in [0.1, 0.15) is 84.5 Å². The van der Waals surface area contributed by atoms with E-state index in [0.717, 1.165) is 55.6 Å². The van der Waals surface area contributed by atoms with E-state index in [-0.39, 0.29) is 13.2 Å². The summed E-state index contributed by atoms with van der Waals surface area (Å²) in [5.41, 5.74) is 2.47. The van der Waals surface area contributed by atoms with Crippen molar-refractivity contribution in [1.82, 2.24) is 4.90 Å². The highest BCUT2D eigenvalue weighted by Crippen LogP contribution is 2.65. The number of anilines is 3. The molecule has 12 heteroatoms. The van der Waals surface area contributed by atoms with E-state index in [1.807, 2.05) is 115 Å². The van der Waals surface area contributed by atoms with E-state index in [0.29, 0.717) is 59.9 Å². The van der Waals surface area contributed by atoms with Crippen LogP contribution in [-0.4, -0.2) is 84.1 Å². The first-order valence-electron chi connectivity index (χ1n) is 23.1. The molecule has 0 radical (unpaired) electrons. The van der Waals surface area contributed by atoms with Crippen LogP contribution in [0.5, 0.6) is 5.75 Å². The Hall–Kier alpha value is -6.49. The predicted octanol–water partition coefficient (Wildman–Crippen LogP) is 7.24. The van der Waals surface area contributed by atoms with E-state index in [2.05, 4.69) is 32.3 Å². The molecule has 6 atom stereocenters. The van der Waals surface area contributed by atoms with Gasteiger partial charge in [-0.25, -0.2) is 0 Å². The summed E-state index contributed by atoms with van der Waals surface area (Å²) in [4.78, 5) is 50.9. The van der Waals surface area contributed by atoms with Crippen molar-refractivity contribution in [2.75, 3.05) is 55.1 Å². The van der Waals surface area contributed by atoms with Gasteiger partial charge in [0.15, 0.2) is 0 Å². The number of nitrogens with zero attached hydrogens (tertiary/aromatic N) is 2. The van der Waals surface area contributed by atoms with E-state index in [9.17, 15) is 10.2 Å². The van der Waals surface area contributed by atoms with Gasteiger partial charge < -0.3 is 40.0 Å². The lowest BCUT2D eigenvalue weighted by atomic mass is 9.65. The Labute approximate surface area is 384 Å². The van der Waals surface area contributed by atoms with Gasteiger partial charge in [0.05, 0.1) is 37.8 Å². The minimum absolute atomic E-state index is 0.0893. The maximum atomic E-state index is 15.7. The Kier molecular flexibility index (Phi) is 12.1. The van der Waals surface area contributed by atoms with Gasteiger partial charge in [-0.2, -0.15) is 0 Å². The Morgan fingerprint density at radius 3 is 2.17 bits per heavy atom. The highest BCUT2D eigenvalue weighted by molar-refractivity contribution is 6.13. The molecule has 0 aromatic heterocycles. The third kappa shape index (κ3) is 8.00. The maximum absolute atomic E-state index is 15.7. The number of carbonyl (C=O) groups is 3. The normalized spacial score (nSPS) is 25.7. The molecule has 12 nitrogen and oxygen atoms in total. The molecule has 1 aliphatic carbocycles. The molecule has 4 fully saturated rings. The van der Waals surface area contributed by atoms with Crippen LogP contribution in [0.25, 0.3) is 0 Å². The van der Waals surface area contributed by atoms with E-state index >= 15 is 14.4 Å². The highest BCUT2D eigenvalue weighted by Gasteiger charge is 2.74. The monoisotopic (exact) mass is 886 g/mol. The lowest BCUT2D eigenvalue weighted by Gasteiger charge is -2.46. The molecule has 4 heterocycles. The zero-order chi connectivity index (χ0) is 45.3. The van der Waals surface area contributed by atoms with Crippen LogP contribution in [0.2, 0.25) is 0 Å². The molecule has 3 saturated heterocycles. The number of benzene rings is 5.